The van der Waals surface area contributed by atoms with Crippen molar-refractivity contribution in [1.82, 2.24) is 0 Å². The van der Waals surface area contributed by atoms with Crippen molar-refractivity contribution in [3.05, 3.63) is 58.1 Å². The van der Waals surface area contributed by atoms with Gasteiger partial charge in [-0.1, -0.05) is 29.8 Å². The van der Waals surface area contributed by atoms with Gasteiger partial charge in [-0.2, -0.15) is 0 Å². The van der Waals surface area contributed by atoms with Crippen LogP contribution < -0.4 is 10.1 Å². The summed E-state index contributed by atoms with van der Waals surface area (Å²) in [6.45, 7) is 4.89. The number of hydrogen-bond acceptors (Lipinski definition) is 2. The normalized spacial score (nSPS) is 10.3. The molecule has 0 aliphatic carbocycles. The number of halogens is 1. The Kier molecular flexibility index (Phi) is 4.33. The van der Waals surface area contributed by atoms with Gasteiger partial charge in [-0.3, -0.25) is 0 Å². The zero-order chi connectivity index (χ0) is 13.8. The van der Waals surface area contributed by atoms with Crippen molar-refractivity contribution in [3.8, 4) is 5.75 Å². The van der Waals surface area contributed by atoms with E-state index in [9.17, 15) is 0 Å². The maximum Gasteiger partial charge on any atom is 0.121 e. The van der Waals surface area contributed by atoms with E-state index in [1.165, 1.54) is 11.1 Å². The molecule has 100 valence electrons. The van der Waals surface area contributed by atoms with E-state index in [4.69, 9.17) is 16.3 Å². The summed E-state index contributed by atoms with van der Waals surface area (Å²) >= 11 is 6.01. The summed E-state index contributed by atoms with van der Waals surface area (Å²) in [5, 5.41) is 4.16. The molecule has 0 radical (unpaired) electrons. The number of hydrogen-bond donors (Lipinski definition) is 1. The van der Waals surface area contributed by atoms with Crippen LogP contribution in [-0.4, -0.2) is 7.11 Å². The maximum absolute atomic E-state index is 6.01. The summed E-state index contributed by atoms with van der Waals surface area (Å²) in [5.74, 6) is 0.919. The highest BCUT2D eigenvalue weighted by atomic mass is 35.5. The minimum atomic E-state index is 0.749. The first kappa shape index (κ1) is 13.8. The van der Waals surface area contributed by atoms with Crippen molar-refractivity contribution in [2.45, 2.75) is 20.4 Å². The Labute approximate surface area is 119 Å². The van der Waals surface area contributed by atoms with Crippen molar-refractivity contribution in [3.63, 3.8) is 0 Å². The van der Waals surface area contributed by atoms with E-state index in [2.05, 4.69) is 24.4 Å². The summed E-state index contributed by atoms with van der Waals surface area (Å²) in [4.78, 5) is 0. The molecule has 19 heavy (non-hydrogen) atoms. The predicted octanol–water partition coefficient (Wildman–Crippen LogP) is 4.58. The molecule has 0 unspecified atom stereocenters. The van der Waals surface area contributed by atoms with Gasteiger partial charge in [0.05, 0.1) is 7.11 Å². The molecule has 0 heterocycles. The van der Waals surface area contributed by atoms with Gasteiger partial charge >= 0.3 is 0 Å². The first-order valence-corrected chi connectivity index (χ1v) is 6.61. The van der Waals surface area contributed by atoms with Crippen LogP contribution in [0.5, 0.6) is 5.75 Å². The minimum absolute atomic E-state index is 0.749. The highest BCUT2D eigenvalue weighted by Crippen LogP contribution is 2.22. The smallest absolute Gasteiger partial charge is 0.121 e. The molecule has 0 fully saturated rings. The number of benzene rings is 2. The van der Waals surface area contributed by atoms with Crippen LogP contribution in [-0.2, 0) is 6.54 Å². The number of methoxy groups -OCH3 is 1. The van der Waals surface area contributed by atoms with Crippen LogP contribution in [0.3, 0.4) is 0 Å². The van der Waals surface area contributed by atoms with Crippen LogP contribution in [0, 0.1) is 13.8 Å². The fraction of sp³-hybridized carbons (Fsp3) is 0.250. The summed E-state index contributed by atoms with van der Waals surface area (Å²) in [5.41, 5.74) is 4.62. The Bertz CT molecular complexity index is 581. The van der Waals surface area contributed by atoms with Crippen LogP contribution in [0.25, 0.3) is 0 Å². The lowest BCUT2D eigenvalue weighted by Crippen LogP contribution is -2.01. The number of ether oxygens (including phenoxy) is 1. The quantitative estimate of drug-likeness (QED) is 0.882. The molecule has 0 aliphatic rings. The van der Waals surface area contributed by atoms with Gasteiger partial charge in [-0.25, -0.2) is 0 Å². The first-order valence-electron chi connectivity index (χ1n) is 6.23. The molecular formula is C16H18ClNO. The molecule has 0 aliphatic heterocycles. The molecule has 3 heteroatoms. The van der Waals surface area contributed by atoms with Crippen molar-refractivity contribution in [2.75, 3.05) is 12.4 Å². The number of nitrogens with one attached hydrogen (secondary N) is 1. The third-order valence-electron chi connectivity index (χ3n) is 3.14. The van der Waals surface area contributed by atoms with Crippen LogP contribution in [0.2, 0.25) is 5.02 Å². The van der Waals surface area contributed by atoms with E-state index >= 15 is 0 Å². The summed E-state index contributed by atoms with van der Waals surface area (Å²) in [7, 11) is 1.69. The van der Waals surface area contributed by atoms with E-state index in [0.29, 0.717) is 0 Å². The van der Waals surface area contributed by atoms with Crippen LogP contribution in [0.1, 0.15) is 16.7 Å². The molecule has 0 amide bonds. The van der Waals surface area contributed by atoms with Gasteiger partial charge in [0.15, 0.2) is 0 Å². The van der Waals surface area contributed by atoms with Crippen LogP contribution >= 0.6 is 11.6 Å². The predicted molar refractivity (Wildman–Crippen MR) is 81.2 cm³/mol. The lowest BCUT2D eigenvalue weighted by Gasteiger charge is -2.11. The third-order valence-corrected chi connectivity index (χ3v) is 3.38. The Morgan fingerprint density at radius 3 is 2.53 bits per heavy atom. The molecule has 0 spiro atoms. The number of anilines is 1. The average Bonchev–Trinajstić information content (AvgIpc) is 2.40. The average molecular weight is 276 g/mol. The zero-order valence-corrected chi connectivity index (χ0v) is 12.2. The largest absolute Gasteiger partial charge is 0.496 e. The molecule has 0 atom stereocenters. The maximum atomic E-state index is 6.01. The molecule has 0 saturated heterocycles. The molecule has 0 bridgehead atoms. The van der Waals surface area contributed by atoms with Gasteiger partial charge in [-0.05, 0) is 48.7 Å². The molecule has 2 aromatic rings. The fourth-order valence-electron chi connectivity index (χ4n) is 2.03. The SMILES string of the molecule is COc1ccc(CNc2cc(Cl)ccc2C)cc1C. The second-order valence-corrected chi connectivity index (χ2v) is 5.05. The highest BCUT2D eigenvalue weighted by molar-refractivity contribution is 6.30. The third kappa shape index (κ3) is 3.42. The zero-order valence-electron chi connectivity index (χ0n) is 11.5. The topological polar surface area (TPSA) is 21.3 Å². The molecular weight excluding hydrogens is 258 g/mol. The Morgan fingerprint density at radius 1 is 1.05 bits per heavy atom. The summed E-state index contributed by atoms with van der Waals surface area (Å²) < 4.78 is 5.26. The van der Waals surface area contributed by atoms with Crippen molar-refractivity contribution >= 4 is 17.3 Å². The second kappa shape index (κ2) is 5.98. The number of rotatable bonds is 4. The Hall–Kier alpha value is -1.67. The summed E-state index contributed by atoms with van der Waals surface area (Å²) in [6.07, 6.45) is 0. The van der Waals surface area contributed by atoms with Gasteiger partial charge in [0.25, 0.3) is 0 Å². The van der Waals surface area contributed by atoms with Gasteiger partial charge in [0, 0.05) is 17.3 Å². The van der Waals surface area contributed by atoms with Crippen molar-refractivity contribution < 1.29 is 4.74 Å². The second-order valence-electron chi connectivity index (χ2n) is 4.62. The van der Waals surface area contributed by atoms with Gasteiger partial charge in [-0.15, -0.1) is 0 Å². The standard InChI is InChI=1S/C16H18ClNO/c1-11-4-6-14(17)9-15(11)18-10-13-5-7-16(19-3)12(2)8-13/h4-9,18H,10H2,1-3H3. The van der Waals surface area contributed by atoms with E-state index in [1.54, 1.807) is 7.11 Å². The monoisotopic (exact) mass is 275 g/mol. The Morgan fingerprint density at radius 2 is 1.84 bits per heavy atom. The van der Waals surface area contributed by atoms with E-state index in [0.717, 1.165) is 28.6 Å². The van der Waals surface area contributed by atoms with Crippen LogP contribution in [0.4, 0.5) is 5.69 Å². The minimum Gasteiger partial charge on any atom is -0.496 e. The lowest BCUT2D eigenvalue weighted by atomic mass is 10.1. The molecule has 1 N–H and O–H groups in total. The molecule has 2 rings (SSSR count). The Balaban J connectivity index is 2.10. The van der Waals surface area contributed by atoms with Crippen LogP contribution in [0.15, 0.2) is 36.4 Å². The van der Waals surface area contributed by atoms with Gasteiger partial charge < -0.3 is 10.1 Å². The lowest BCUT2D eigenvalue weighted by molar-refractivity contribution is 0.411. The van der Waals surface area contributed by atoms with Gasteiger partial charge in [0.2, 0.25) is 0 Å². The molecule has 0 saturated carbocycles. The fourth-order valence-corrected chi connectivity index (χ4v) is 2.20. The molecule has 2 nitrogen and oxygen atoms in total. The highest BCUT2D eigenvalue weighted by Gasteiger charge is 2.02. The van der Waals surface area contributed by atoms with Gasteiger partial charge in [0.1, 0.15) is 5.75 Å². The van der Waals surface area contributed by atoms with E-state index in [-0.39, 0.29) is 0 Å². The molecule has 0 aromatic heterocycles. The van der Waals surface area contributed by atoms with Crippen molar-refractivity contribution in [1.29, 1.82) is 0 Å². The van der Waals surface area contributed by atoms with E-state index in [1.807, 2.05) is 31.2 Å². The molecule has 2 aromatic carbocycles. The number of aryl methyl sites for hydroxylation is 2. The first-order chi connectivity index (χ1) is 9.10. The van der Waals surface area contributed by atoms with Crippen molar-refractivity contribution in [2.24, 2.45) is 0 Å². The van der Waals surface area contributed by atoms with E-state index < -0.39 is 0 Å². The summed E-state index contributed by atoms with van der Waals surface area (Å²) in [6, 6.07) is 12.1.